The molecular weight excluding hydrogens is 220 g/mol. The fraction of sp³-hybridized carbons (Fsp3) is 0.833. The van der Waals surface area contributed by atoms with E-state index in [2.05, 4.69) is 19.2 Å². The predicted octanol–water partition coefficient (Wildman–Crippen LogP) is 0.729. The fourth-order valence-corrected chi connectivity index (χ4v) is 2.60. The molecule has 0 aromatic heterocycles. The lowest BCUT2D eigenvalue weighted by Gasteiger charge is -2.22. The maximum atomic E-state index is 11.7. The van der Waals surface area contributed by atoms with Crippen LogP contribution in [0.1, 0.15) is 39.5 Å². The first-order valence-electron chi connectivity index (χ1n) is 6.23. The second-order valence-corrected chi connectivity index (χ2v) is 4.92. The Balaban J connectivity index is 2.44. The molecule has 0 spiro atoms. The average molecular weight is 242 g/mol. The van der Waals surface area contributed by atoms with Crippen molar-refractivity contribution in [2.24, 2.45) is 17.6 Å². The Morgan fingerprint density at radius 2 is 2.12 bits per heavy atom. The summed E-state index contributed by atoms with van der Waals surface area (Å²) in [5, 5.41) is 11.4. The summed E-state index contributed by atoms with van der Waals surface area (Å²) in [6.45, 7) is 4.29. The third-order valence-electron chi connectivity index (χ3n) is 3.81. The number of hydrogen-bond acceptors (Lipinski definition) is 3. The van der Waals surface area contributed by atoms with Crippen molar-refractivity contribution in [3.05, 3.63) is 0 Å². The van der Waals surface area contributed by atoms with Gasteiger partial charge in [-0.3, -0.25) is 9.59 Å². The van der Waals surface area contributed by atoms with Crippen LogP contribution in [0.15, 0.2) is 0 Å². The number of rotatable bonds is 5. The molecule has 0 heterocycles. The molecule has 0 bridgehead atoms. The van der Waals surface area contributed by atoms with E-state index in [1.54, 1.807) is 0 Å². The summed E-state index contributed by atoms with van der Waals surface area (Å²) in [5.41, 5.74) is 5.52. The molecule has 0 aromatic rings. The molecule has 1 rings (SSSR count). The van der Waals surface area contributed by atoms with Crippen molar-refractivity contribution < 1.29 is 14.7 Å². The lowest BCUT2D eigenvalue weighted by Crippen LogP contribution is -2.47. The second-order valence-electron chi connectivity index (χ2n) is 4.92. The third-order valence-corrected chi connectivity index (χ3v) is 3.81. The van der Waals surface area contributed by atoms with E-state index >= 15 is 0 Å². The third kappa shape index (κ3) is 3.70. The van der Waals surface area contributed by atoms with E-state index in [0.29, 0.717) is 11.8 Å². The molecule has 1 amide bonds. The first kappa shape index (κ1) is 14.0. The molecule has 1 fully saturated rings. The number of carbonyl (C=O) groups excluding carboxylic acids is 1. The molecule has 0 saturated heterocycles. The topological polar surface area (TPSA) is 92.4 Å². The van der Waals surface area contributed by atoms with Crippen molar-refractivity contribution in [2.45, 2.75) is 51.6 Å². The summed E-state index contributed by atoms with van der Waals surface area (Å²) >= 11 is 0. The zero-order valence-electron chi connectivity index (χ0n) is 10.5. The number of hydrogen-bond donors (Lipinski definition) is 3. The van der Waals surface area contributed by atoms with Gasteiger partial charge in [0, 0.05) is 6.04 Å². The molecule has 4 atom stereocenters. The van der Waals surface area contributed by atoms with Crippen molar-refractivity contribution in [2.75, 3.05) is 0 Å². The van der Waals surface area contributed by atoms with Crippen LogP contribution in [0, 0.1) is 11.8 Å². The molecule has 98 valence electrons. The Hall–Kier alpha value is -1.10. The van der Waals surface area contributed by atoms with Crippen LogP contribution in [0.25, 0.3) is 0 Å². The molecule has 1 saturated carbocycles. The molecule has 5 heteroatoms. The summed E-state index contributed by atoms with van der Waals surface area (Å²) in [5.74, 6) is -0.295. The second kappa shape index (κ2) is 6.00. The normalized spacial score (nSPS) is 29.9. The van der Waals surface area contributed by atoms with Gasteiger partial charge in [-0.15, -0.1) is 0 Å². The van der Waals surface area contributed by atoms with E-state index in [0.717, 1.165) is 19.3 Å². The molecular formula is C12H22N2O3. The van der Waals surface area contributed by atoms with E-state index < -0.39 is 12.0 Å². The SMILES string of the molecule is CCC1CCC(NC(=O)C(N)CC(=O)O)C1C. The maximum absolute atomic E-state index is 11.7. The average Bonchev–Trinajstić information content (AvgIpc) is 2.59. The fourth-order valence-electron chi connectivity index (χ4n) is 2.60. The minimum atomic E-state index is -1.04. The molecule has 5 nitrogen and oxygen atoms in total. The Bertz CT molecular complexity index is 293. The van der Waals surface area contributed by atoms with Gasteiger partial charge >= 0.3 is 5.97 Å². The summed E-state index contributed by atoms with van der Waals surface area (Å²) < 4.78 is 0. The van der Waals surface area contributed by atoms with E-state index in [9.17, 15) is 9.59 Å². The highest BCUT2D eigenvalue weighted by molar-refractivity contribution is 5.86. The van der Waals surface area contributed by atoms with Crippen LogP contribution in [-0.4, -0.2) is 29.1 Å². The molecule has 0 radical (unpaired) electrons. The highest BCUT2D eigenvalue weighted by Crippen LogP contribution is 2.33. The first-order chi connectivity index (χ1) is 7.95. The van der Waals surface area contributed by atoms with Gasteiger partial charge in [0.25, 0.3) is 0 Å². The summed E-state index contributed by atoms with van der Waals surface area (Å²) in [6.07, 6.45) is 2.89. The number of aliphatic carboxylic acids is 1. The molecule has 4 unspecified atom stereocenters. The Labute approximate surface area is 102 Å². The molecule has 0 aromatic carbocycles. The molecule has 4 N–H and O–H groups in total. The molecule has 17 heavy (non-hydrogen) atoms. The van der Waals surface area contributed by atoms with Gasteiger partial charge in [-0.1, -0.05) is 20.3 Å². The Morgan fingerprint density at radius 1 is 1.47 bits per heavy atom. The number of nitrogens with two attached hydrogens (primary N) is 1. The molecule has 0 aliphatic heterocycles. The van der Waals surface area contributed by atoms with Crippen LogP contribution in [0.5, 0.6) is 0 Å². The van der Waals surface area contributed by atoms with Gasteiger partial charge in [-0.2, -0.15) is 0 Å². The van der Waals surface area contributed by atoms with E-state index in [4.69, 9.17) is 10.8 Å². The van der Waals surface area contributed by atoms with Crippen molar-refractivity contribution in [1.82, 2.24) is 5.32 Å². The van der Waals surface area contributed by atoms with Crippen LogP contribution < -0.4 is 11.1 Å². The van der Waals surface area contributed by atoms with Crippen LogP contribution >= 0.6 is 0 Å². The van der Waals surface area contributed by atoms with Gasteiger partial charge in [0.2, 0.25) is 5.91 Å². The van der Waals surface area contributed by atoms with E-state index in [-0.39, 0.29) is 18.4 Å². The van der Waals surface area contributed by atoms with Gasteiger partial charge in [-0.25, -0.2) is 0 Å². The molecule has 1 aliphatic rings. The van der Waals surface area contributed by atoms with E-state index in [1.807, 2.05) is 0 Å². The lowest BCUT2D eigenvalue weighted by atomic mass is 9.93. The smallest absolute Gasteiger partial charge is 0.305 e. The zero-order valence-corrected chi connectivity index (χ0v) is 10.5. The van der Waals surface area contributed by atoms with Crippen molar-refractivity contribution in [3.8, 4) is 0 Å². The predicted molar refractivity (Wildman–Crippen MR) is 64.3 cm³/mol. The van der Waals surface area contributed by atoms with Gasteiger partial charge in [0.15, 0.2) is 0 Å². The highest BCUT2D eigenvalue weighted by atomic mass is 16.4. The standard InChI is InChI=1S/C12H22N2O3/c1-3-8-4-5-10(7(8)2)14-12(17)9(13)6-11(15)16/h7-10H,3-6,13H2,1-2H3,(H,14,17)(H,15,16). The highest BCUT2D eigenvalue weighted by Gasteiger charge is 2.33. The molecule has 1 aliphatic carbocycles. The van der Waals surface area contributed by atoms with Crippen LogP contribution in [0.2, 0.25) is 0 Å². The van der Waals surface area contributed by atoms with Gasteiger partial charge < -0.3 is 16.2 Å². The van der Waals surface area contributed by atoms with Crippen molar-refractivity contribution in [1.29, 1.82) is 0 Å². The number of nitrogens with one attached hydrogen (secondary N) is 1. The minimum Gasteiger partial charge on any atom is -0.481 e. The van der Waals surface area contributed by atoms with Crippen molar-refractivity contribution in [3.63, 3.8) is 0 Å². The summed E-state index contributed by atoms with van der Waals surface area (Å²) in [6, 6.07) is -0.798. The lowest BCUT2D eigenvalue weighted by molar-refractivity contribution is -0.139. The van der Waals surface area contributed by atoms with Gasteiger partial charge in [-0.05, 0) is 24.7 Å². The monoisotopic (exact) mass is 242 g/mol. The van der Waals surface area contributed by atoms with Crippen molar-refractivity contribution >= 4 is 11.9 Å². The Kier molecular flexibility index (Phi) is 4.93. The van der Waals surface area contributed by atoms with E-state index in [1.165, 1.54) is 0 Å². The van der Waals surface area contributed by atoms with Crippen LogP contribution in [-0.2, 0) is 9.59 Å². The Morgan fingerprint density at radius 3 is 2.59 bits per heavy atom. The number of amides is 1. The zero-order chi connectivity index (χ0) is 13.0. The first-order valence-corrected chi connectivity index (χ1v) is 6.23. The van der Waals surface area contributed by atoms with Gasteiger partial charge in [0.05, 0.1) is 12.5 Å². The number of carbonyl (C=O) groups is 2. The van der Waals surface area contributed by atoms with Crippen LogP contribution in [0.4, 0.5) is 0 Å². The number of carboxylic acid groups (broad SMARTS) is 1. The summed E-state index contributed by atoms with van der Waals surface area (Å²) in [4.78, 5) is 22.1. The summed E-state index contributed by atoms with van der Waals surface area (Å²) in [7, 11) is 0. The quantitative estimate of drug-likeness (QED) is 0.662. The van der Waals surface area contributed by atoms with Gasteiger partial charge in [0.1, 0.15) is 0 Å². The largest absolute Gasteiger partial charge is 0.481 e. The van der Waals surface area contributed by atoms with Crippen LogP contribution in [0.3, 0.4) is 0 Å². The maximum Gasteiger partial charge on any atom is 0.305 e. The minimum absolute atomic E-state index is 0.146. The number of carboxylic acids is 1.